The van der Waals surface area contributed by atoms with E-state index in [0.29, 0.717) is 19.0 Å². The van der Waals surface area contributed by atoms with Gasteiger partial charge in [-0.15, -0.1) is 11.8 Å². The average molecular weight is 164 g/mol. The summed E-state index contributed by atoms with van der Waals surface area (Å²) in [5.74, 6) is -0.104. The van der Waals surface area contributed by atoms with Crippen LogP contribution < -0.4 is 0 Å². The van der Waals surface area contributed by atoms with Gasteiger partial charge in [-0.05, 0) is 12.7 Å². The van der Waals surface area contributed by atoms with E-state index in [1.165, 1.54) is 0 Å². The van der Waals surface area contributed by atoms with Crippen LogP contribution >= 0.6 is 11.8 Å². The average Bonchev–Trinajstić information content (AvgIpc) is 1.87. The van der Waals surface area contributed by atoms with E-state index < -0.39 is 5.97 Å². The Morgan fingerprint density at radius 3 is 2.90 bits per heavy atom. The number of carboxylic acids is 1. The van der Waals surface area contributed by atoms with E-state index in [2.05, 4.69) is 0 Å². The molecule has 0 unspecified atom stereocenters. The molecular formula is C6H12O3S. The third kappa shape index (κ3) is 7.78. The molecular weight excluding hydrogens is 152 g/mol. The summed E-state index contributed by atoms with van der Waals surface area (Å²) in [6, 6.07) is 0. The predicted octanol–water partition coefficient (Wildman–Crippen LogP) is 1.19. The first kappa shape index (κ1) is 9.78. The maximum atomic E-state index is 9.97. The van der Waals surface area contributed by atoms with Crippen LogP contribution in [-0.2, 0) is 9.53 Å². The smallest absolute Gasteiger partial charge is 0.303 e. The Morgan fingerprint density at radius 2 is 2.40 bits per heavy atom. The summed E-state index contributed by atoms with van der Waals surface area (Å²) in [7, 11) is 0. The number of carbonyl (C=O) groups is 1. The summed E-state index contributed by atoms with van der Waals surface area (Å²) >= 11 is 1.59. The number of ether oxygens (including phenoxy) is 1. The molecule has 0 heterocycles. The molecule has 4 heteroatoms. The van der Waals surface area contributed by atoms with Crippen molar-refractivity contribution in [3.63, 3.8) is 0 Å². The fourth-order valence-corrected chi connectivity index (χ4v) is 0.752. The molecule has 0 aliphatic carbocycles. The standard InChI is InChI=1S/C6H12O3S/c1-10-5-9-4-2-3-6(7)8/h2-5H2,1H3,(H,7,8). The first-order chi connectivity index (χ1) is 4.77. The van der Waals surface area contributed by atoms with E-state index in [1.54, 1.807) is 11.8 Å². The van der Waals surface area contributed by atoms with Crippen molar-refractivity contribution in [2.24, 2.45) is 0 Å². The van der Waals surface area contributed by atoms with E-state index in [1.807, 2.05) is 6.26 Å². The lowest BCUT2D eigenvalue weighted by atomic mass is 10.3. The van der Waals surface area contributed by atoms with Crippen LogP contribution in [0.1, 0.15) is 12.8 Å². The number of aliphatic carboxylic acids is 1. The summed E-state index contributed by atoms with van der Waals surface area (Å²) in [5, 5.41) is 8.21. The lowest BCUT2D eigenvalue weighted by molar-refractivity contribution is -0.137. The van der Waals surface area contributed by atoms with Gasteiger partial charge in [0, 0.05) is 13.0 Å². The highest BCUT2D eigenvalue weighted by molar-refractivity contribution is 7.98. The molecule has 0 saturated carbocycles. The van der Waals surface area contributed by atoms with Crippen LogP contribution in [0.5, 0.6) is 0 Å². The minimum absolute atomic E-state index is 0.203. The van der Waals surface area contributed by atoms with Gasteiger partial charge >= 0.3 is 5.97 Å². The zero-order valence-corrected chi connectivity index (χ0v) is 6.82. The lowest BCUT2D eigenvalue weighted by Gasteiger charge is -1.98. The van der Waals surface area contributed by atoms with Crippen LogP contribution in [0.15, 0.2) is 0 Å². The normalized spacial score (nSPS) is 9.70. The van der Waals surface area contributed by atoms with E-state index in [9.17, 15) is 4.79 Å². The van der Waals surface area contributed by atoms with Crippen molar-refractivity contribution in [2.45, 2.75) is 12.8 Å². The Hall–Kier alpha value is -0.220. The zero-order valence-electron chi connectivity index (χ0n) is 6.00. The van der Waals surface area contributed by atoms with Crippen LogP contribution in [-0.4, -0.2) is 29.9 Å². The first-order valence-electron chi connectivity index (χ1n) is 3.06. The van der Waals surface area contributed by atoms with Gasteiger partial charge in [0.2, 0.25) is 0 Å². The van der Waals surface area contributed by atoms with Crippen LogP contribution in [0.3, 0.4) is 0 Å². The largest absolute Gasteiger partial charge is 0.481 e. The summed E-state index contributed by atoms with van der Waals surface area (Å²) in [6.07, 6.45) is 2.75. The molecule has 0 bridgehead atoms. The van der Waals surface area contributed by atoms with Crippen molar-refractivity contribution in [2.75, 3.05) is 18.8 Å². The molecule has 60 valence electrons. The summed E-state index contributed by atoms with van der Waals surface area (Å²) < 4.78 is 5.03. The molecule has 0 atom stereocenters. The number of rotatable bonds is 6. The fraction of sp³-hybridized carbons (Fsp3) is 0.833. The van der Waals surface area contributed by atoms with Crippen molar-refractivity contribution in [1.82, 2.24) is 0 Å². The number of hydrogen-bond donors (Lipinski definition) is 1. The van der Waals surface area contributed by atoms with E-state index >= 15 is 0 Å². The van der Waals surface area contributed by atoms with Crippen LogP contribution in [0.4, 0.5) is 0 Å². The Morgan fingerprint density at radius 1 is 1.70 bits per heavy atom. The molecule has 0 aromatic rings. The van der Waals surface area contributed by atoms with Crippen molar-refractivity contribution >= 4 is 17.7 Å². The van der Waals surface area contributed by atoms with Gasteiger partial charge in [-0.3, -0.25) is 4.79 Å². The maximum absolute atomic E-state index is 9.97. The summed E-state index contributed by atoms with van der Waals surface area (Å²) in [4.78, 5) is 9.97. The molecule has 3 nitrogen and oxygen atoms in total. The quantitative estimate of drug-likeness (QED) is 0.473. The maximum Gasteiger partial charge on any atom is 0.303 e. The van der Waals surface area contributed by atoms with E-state index in [0.717, 1.165) is 0 Å². The second kappa shape index (κ2) is 6.89. The molecule has 0 fully saturated rings. The molecule has 0 saturated heterocycles. The summed E-state index contributed by atoms with van der Waals surface area (Å²) in [5.41, 5.74) is 0. The topological polar surface area (TPSA) is 46.5 Å². The predicted molar refractivity (Wildman–Crippen MR) is 41.2 cm³/mol. The lowest BCUT2D eigenvalue weighted by Crippen LogP contribution is -1.99. The highest BCUT2D eigenvalue weighted by atomic mass is 32.2. The van der Waals surface area contributed by atoms with Crippen LogP contribution in [0.25, 0.3) is 0 Å². The summed E-state index contributed by atoms with van der Waals surface area (Å²) in [6.45, 7) is 0.549. The molecule has 0 aromatic heterocycles. The Labute approximate surface area is 64.8 Å². The molecule has 0 spiro atoms. The molecule has 0 aromatic carbocycles. The molecule has 0 aliphatic heterocycles. The third-order valence-corrected chi connectivity index (χ3v) is 1.28. The van der Waals surface area contributed by atoms with Gasteiger partial charge in [0.15, 0.2) is 0 Å². The molecule has 10 heavy (non-hydrogen) atoms. The molecule has 0 amide bonds. The van der Waals surface area contributed by atoms with E-state index in [-0.39, 0.29) is 6.42 Å². The number of carboxylic acid groups (broad SMARTS) is 1. The van der Waals surface area contributed by atoms with Crippen LogP contribution in [0.2, 0.25) is 0 Å². The molecule has 0 rings (SSSR count). The minimum Gasteiger partial charge on any atom is -0.481 e. The van der Waals surface area contributed by atoms with Crippen molar-refractivity contribution in [3.05, 3.63) is 0 Å². The van der Waals surface area contributed by atoms with Gasteiger partial charge in [0.25, 0.3) is 0 Å². The first-order valence-corrected chi connectivity index (χ1v) is 4.45. The Bertz CT molecular complexity index is 95.0. The van der Waals surface area contributed by atoms with Gasteiger partial charge in [-0.1, -0.05) is 0 Å². The van der Waals surface area contributed by atoms with Gasteiger partial charge in [-0.2, -0.15) is 0 Å². The van der Waals surface area contributed by atoms with E-state index in [4.69, 9.17) is 9.84 Å². The van der Waals surface area contributed by atoms with Gasteiger partial charge in [0.1, 0.15) is 0 Å². The van der Waals surface area contributed by atoms with Gasteiger partial charge < -0.3 is 9.84 Å². The third-order valence-electron chi connectivity index (χ3n) is 0.881. The van der Waals surface area contributed by atoms with Gasteiger partial charge in [-0.25, -0.2) is 0 Å². The van der Waals surface area contributed by atoms with Crippen molar-refractivity contribution < 1.29 is 14.6 Å². The molecule has 1 N–H and O–H groups in total. The van der Waals surface area contributed by atoms with Crippen molar-refractivity contribution in [3.8, 4) is 0 Å². The monoisotopic (exact) mass is 164 g/mol. The Kier molecular flexibility index (Phi) is 6.74. The molecule has 0 radical (unpaired) electrons. The van der Waals surface area contributed by atoms with Crippen molar-refractivity contribution in [1.29, 1.82) is 0 Å². The highest BCUT2D eigenvalue weighted by Gasteiger charge is 1.94. The minimum atomic E-state index is -0.757. The van der Waals surface area contributed by atoms with Gasteiger partial charge in [0.05, 0.1) is 5.94 Å². The zero-order chi connectivity index (χ0) is 7.82. The highest BCUT2D eigenvalue weighted by Crippen LogP contribution is 1.95. The van der Waals surface area contributed by atoms with Crippen LogP contribution in [0, 0.1) is 0 Å². The second-order valence-electron chi connectivity index (χ2n) is 1.81. The molecule has 0 aliphatic rings. The number of thioether (sulfide) groups is 1. The Balaban J connectivity index is 2.84. The fourth-order valence-electron chi connectivity index (χ4n) is 0.468. The number of hydrogen-bond acceptors (Lipinski definition) is 3. The SMILES string of the molecule is CSCOCCCC(=O)O. The second-order valence-corrected chi connectivity index (χ2v) is 2.63.